The van der Waals surface area contributed by atoms with Gasteiger partial charge >= 0.3 is 0 Å². The largest absolute Gasteiger partial charge is 0.353 e. The normalized spacial score (nSPS) is 14.0. The van der Waals surface area contributed by atoms with Crippen LogP contribution >= 0.6 is 0 Å². The first-order valence-electron chi connectivity index (χ1n) is 4.80. The number of para-hydroxylation sites is 1. The second-order valence-electron chi connectivity index (χ2n) is 3.14. The van der Waals surface area contributed by atoms with Gasteiger partial charge in [-0.3, -0.25) is 15.8 Å². The fourth-order valence-electron chi connectivity index (χ4n) is 1.34. The Morgan fingerprint density at radius 1 is 1.33 bits per heavy atom. The first kappa shape index (κ1) is 9.51. The van der Waals surface area contributed by atoms with E-state index < -0.39 is 0 Å². The van der Waals surface area contributed by atoms with Crippen LogP contribution in [0.15, 0.2) is 29.3 Å². The lowest BCUT2D eigenvalue weighted by Crippen LogP contribution is -2.37. The highest BCUT2D eigenvalue weighted by molar-refractivity contribution is 5.87. The van der Waals surface area contributed by atoms with Gasteiger partial charge in [0.1, 0.15) is 0 Å². The van der Waals surface area contributed by atoms with Crippen LogP contribution in [0.5, 0.6) is 0 Å². The first-order chi connectivity index (χ1) is 7.40. The van der Waals surface area contributed by atoms with Crippen molar-refractivity contribution in [3.8, 4) is 0 Å². The average molecular weight is 203 g/mol. The third-order valence-electron chi connectivity index (χ3n) is 2.11. The van der Waals surface area contributed by atoms with Crippen LogP contribution in [0.1, 0.15) is 5.56 Å². The van der Waals surface area contributed by atoms with Crippen LogP contribution in [0.3, 0.4) is 0 Å². The molecule has 0 fully saturated rings. The molecule has 0 bridgehead atoms. The molecular formula is C10H13N5. The van der Waals surface area contributed by atoms with Crippen molar-refractivity contribution in [3.05, 3.63) is 29.8 Å². The van der Waals surface area contributed by atoms with E-state index in [1.165, 1.54) is 6.21 Å². The summed E-state index contributed by atoms with van der Waals surface area (Å²) in [7, 11) is 0. The third-order valence-corrected chi connectivity index (χ3v) is 2.11. The Morgan fingerprint density at radius 2 is 2.20 bits per heavy atom. The third kappa shape index (κ3) is 2.25. The van der Waals surface area contributed by atoms with E-state index in [0.717, 1.165) is 30.3 Å². The van der Waals surface area contributed by atoms with Gasteiger partial charge < -0.3 is 10.7 Å². The summed E-state index contributed by atoms with van der Waals surface area (Å²) >= 11 is 0. The fraction of sp³-hybridized carbons (Fsp3) is 0.200. The minimum absolute atomic E-state index is 0.745. The SMILES string of the molecule is N=Cc1ccccc1NNC1=NCCN1. The van der Waals surface area contributed by atoms with Crippen molar-refractivity contribution in [1.82, 2.24) is 10.7 Å². The van der Waals surface area contributed by atoms with Crippen molar-refractivity contribution < 1.29 is 0 Å². The Kier molecular flexibility index (Phi) is 2.82. The summed E-state index contributed by atoms with van der Waals surface area (Å²) in [5, 5.41) is 10.3. The van der Waals surface area contributed by atoms with Crippen LogP contribution in [0.2, 0.25) is 0 Å². The summed E-state index contributed by atoms with van der Waals surface area (Å²) in [5.41, 5.74) is 7.67. The molecule has 1 aromatic rings. The Hall–Kier alpha value is -2.04. The van der Waals surface area contributed by atoms with E-state index in [1.54, 1.807) is 0 Å². The molecule has 5 nitrogen and oxygen atoms in total. The maximum Gasteiger partial charge on any atom is 0.210 e. The zero-order valence-electron chi connectivity index (χ0n) is 8.25. The van der Waals surface area contributed by atoms with Gasteiger partial charge in [-0.25, -0.2) is 0 Å². The lowest BCUT2D eigenvalue weighted by Gasteiger charge is -2.11. The number of anilines is 1. The molecule has 1 aromatic carbocycles. The van der Waals surface area contributed by atoms with Crippen molar-refractivity contribution in [3.63, 3.8) is 0 Å². The van der Waals surface area contributed by atoms with Crippen molar-refractivity contribution >= 4 is 17.9 Å². The number of nitrogens with one attached hydrogen (secondary N) is 4. The van der Waals surface area contributed by atoms with Gasteiger partial charge in [0.2, 0.25) is 5.96 Å². The minimum Gasteiger partial charge on any atom is -0.353 e. The lowest BCUT2D eigenvalue weighted by molar-refractivity contribution is 0.937. The van der Waals surface area contributed by atoms with E-state index in [-0.39, 0.29) is 0 Å². The number of aliphatic imine (C=N–C) groups is 1. The quantitative estimate of drug-likeness (QED) is 0.428. The summed E-state index contributed by atoms with van der Waals surface area (Å²) in [6, 6.07) is 7.60. The number of rotatable bonds is 3. The maximum atomic E-state index is 7.23. The Balaban J connectivity index is 2.00. The summed E-state index contributed by atoms with van der Waals surface area (Å²) < 4.78 is 0. The van der Waals surface area contributed by atoms with Gasteiger partial charge in [-0.2, -0.15) is 0 Å². The molecule has 0 amide bonds. The molecule has 1 heterocycles. The molecule has 0 radical (unpaired) electrons. The predicted molar refractivity (Wildman–Crippen MR) is 61.4 cm³/mol. The molecule has 4 N–H and O–H groups in total. The fourth-order valence-corrected chi connectivity index (χ4v) is 1.34. The highest BCUT2D eigenvalue weighted by Crippen LogP contribution is 2.10. The van der Waals surface area contributed by atoms with E-state index in [4.69, 9.17) is 5.41 Å². The Morgan fingerprint density at radius 3 is 2.93 bits per heavy atom. The average Bonchev–Trinajstić information content (AvgIpc) is 2.79. The number of hydrogen-bond acceptors (Lipinski definition) is 5. The second kappa shape index (κ2) is 4.45. The molecule has 15 heavy (non-hydrogen) atoms. The monoisotopic (exact) mass is 203 g/mol. The van der Waals surface area contributed by atoms with Crippen LogP contribution in [0.25, 0.3) is 0 Å². The van der Waals surface area contributed by atoms with Gasteiger partial charge in [0, 0.05) is 18.3 Å². The highest BCUT2D eigenvalue weighted by atomic mass is 15.4. The molecule has 0 aromatic heterocycles. The van der Waals surface area contributed by atoms with E-state index in [0.29, 0.717) is 0 Å². The van der Waals surface area contributed by atoms with Crippen LogP contribution in [-0.4, -0.2) is 25.3 Å². The van der Waals surface area contributed by atoms with Crippen molar-refractivity contribution in [2.75, 3.05) is 18.5 Å². The van der Waals surface area contributed by atoms with Crippen LogP contribution in [0.4, 0.5) is 5.69 Å². The molecule has 0 unspecified atom stereocenters. The maximum absolute atomic E-state index is 7.23. The molecular weight excluding hydrogens is 190 g/mol. The Labute approximate surface area is 88.1 Å². The number of guanidine groups is 1. The van der Waals surface area contributed by atoms with Gasteiger partial charge in [0.05, 0.1) is 12.2 Å². The van der Waals surface area contributed by atoms with Crippen LogP contribution < -0.4 is 16.2 Å². The first-order valence-corrected chi connectivity index (χ1v) is 4.80. The summed E-state index contributed by atoms with van der Waals surface area (Å²) in [5.74, 6) is 0.745. The summed E-state index contributed by atoms with van der Waals surface area (Å²) in [6.45, 7) is 1.67. The zero-order valence-corrected chi connectivity index (χ0v) is 8.25. The number of benzene rings is 1. The zero-order chi connectivity index (χ0) is 10.5. The van der Waals surface area contributed by atoms with Gasteiger partial charge in [-0.1, -0.05) is 18.2 Å². The molecule has 1 aliphatic rings. The van der Waals surface area contributed by atoms with Crippen molar-refractivity contribution in [2.24, 2.45) is 4.99 Å². The summed E-state index contributed by atoms with van der Waals surface area (Å²) in [6.07, 6.45) is 1.31. The van der Waals surface area contributed by atoms with E-state index in [2.05, 4.69) is 21.2 Å². The van der Waals surface area contributed by atoms with Crippen molar-refractivity contribution in [1.29, 1.82) is 5.41 Å². The standard InChI is InChI=1S/C10H13N5/c11-7-8-3-1-2-4-9(8)14-15-10-12-5-6-13-10/h1-4,7,11,14H,5-6H2,(H2,12,13,15). The molecule has 0 aliphatic carbocycles. The van der Waals surface area contributed by atoms with Gasteiger partial charge in [-0.05, 0) is 6.07 Å². The minimum atomic E-state index is 0.745. The molecule has 0 saturated heterocycles. The lowest BCUT2D eigenvalue weighted by atomic mass is 10.2. The second-order valence-corrected chi connectivity index (χ2v) is 3.14. The van der Waals surface area contributed by atoms with Gasteiger partial charge in [0.15, 0.2) is 0 Å². The van der Waals surface area contributed by atoms with Gasteiger partial charge in [-0.15, -0.1) is 0 Å². The molecule has 2 rings (SSSR count). The number of nitrogens with zero attached hydrogens (tertiary/aromatic N) is 1. The topological polar surface area (TPSA) is 72.3 Å². The molecule has 5 heteroatoms. The molecule has 78 valence electrons. The molecule has 0 atom stereocenters. The van der Waals surface area contributed by atoms with Crippen LogP contribution in [-0.2, 0) is 0 Å². The summed E-state index contributed by atoms with van der Waals surface area (Å²) in [4.78, 5) is 4.18. The Bertz CT molecular complexity index is 385. The molecule has 0 spiro atoms. The van der Waals surface area contributed by atoms with E-state index in [9.17, 15) is 0 Å². The molecule has 1 aliphatic heterocycles. The van der Waals surface area contributed by atoms with Crippen LogP contribution in [0, 0.1) is 5.41 Å². The van der Waals surface area contributed by atoms with Gasteiger partial charge in [0.25, 0.3) is 0 Å². The van der Waals surface area contributed by atoms with Crippen molar-refractivity contribution in [2.45, 2.75) is 0 Å². The predicted octanol–water partition coefficient (Wildman–Crippen LogP) is 0.560. The number of hydrazine groups is 1. The molecule has 0 saturated carbocycles. The highest BCUT2D eigenvalue weighted by Gasteiger charge is 2.04. The number of hydrogen-bond donors (Lipinski definition) is 4. The smallest absolute Gasteiger partial charge is 0.210 e. The van der Waals surface area contributed by atoms with E-state index >= 15 is 0 Å². The van der Waals surface area contributed by atoms with E-state index in [1.807, 2.05) is 24.3 Å².